The zero-order valence-corrected chi connectivity index (χ0v) is 24.1. The summed E-state index contributed by atoms with van der Waals surface area (Å²) in [6.07, 6.45) is 4.98. The van der Waals surface area contributed by atoms with E-state index in [9.17, 15) is 4.79 Å². The van der Waals surface area contributed by atoms with E-state index < -0.39 is 0 Å². The molecular formula is C34H42N2O3. The third-order valence-corrected chi connectivity index (χ3v) is 8.72. The van der Waals surface area contributed by atoms with Crippen molar-refractivity contribution < 1.29 is 14.3 Å². The molecular weight excluding hydrogens is 484 g/mol. The number of carbonyl (C=O) groups excluding carboxylic acids is 1. The predicted octanol–water partition coefficient (Wildman–Crippen LogP) is 7.60. The SMILES string of the molecule is CCC1CC(C)C(c2nc(N(Cc3ccc(OC)cc3)Cc3ccc(OC)cc3)cc(C)c2C2CC2)CC1=O. The number of pyridine rings is 1. The van der Waals surface area contributed by atoms with E-state index in [1.54, 1.807) is 14.2 Å². The smallest absolute Gasteiger partial charge is 0.136 e. The first-order valence-corrected chi connectivity index (χ1v) is 14.4. The molecule has 0 amide bonds. The topological polar surface area (TPSA) is 51.7 Å². The Kier molecular flexibility index (Phi) is 8.25. The number of aryl methyl sites for hydroxylation is 1. The van der Waals surface area contributed by atoms with Crippen molar-refractivity contribution in [3.63, 3.8) is 0 Å². The Hall–Kier alpha value is -3.34. The fourth-order valence-electron chi connectivity index (χ4n) is 6.25. The number of ketones is 1. The molecule has 1 heterocycles. The van der Waals surface area contributed by atoms with Crippen LogP contribution in [0.4, 0.5) is 5.82 Å². The zero-order valence-electron chi connectivity index (χ0n) is 24.1. The van der Waals surface area contributed by atoms with Crippen LogP contribution in [0, 0.1) is 18.8 Å². The van der Waals surface area contributed by atoms with Crippen LogP contribution < -0.4 is 14.4 Å². The lowest BCUT2D eigenvalue weighted by Crippen LogP contribution is -2.31. The number of nitrogens with zero attached hydrogens (tertiary/aromatic N) is 2. The summed E-state index contributed by atoms with van der Waals surface area (Å²) in [5.41, 5.74) is 6.29. The molecule has 0 N–H and O–H groups in total. The molecule has 206 valence electrons. The van der Waals surface area contributed by atoms with E-state index in [1.807, 2.05) is 24.3 Å². The van der Waals surface area contributed by atoms with Crippen LogP contribution in [0.3, 0.4) is 0 Å². The van der Waals surface area contributed by atoms with Crippen molar-refractivity contribution in [2.45, 2.75) is 77.8 Å². The summed E-state index contributed by atoms with van der Waals surface area (Å²) in [6.45, 7) is 8.16. The molecule has 2 saturated carbocycles. The molecule has 5 heteroatoms. The monoisotopic (exact) mass is 526 g/mol. The van der Waals surface area contributed by atoms with Gasteiger partial charge < -0.3 is 14.4 Å². The number of hydrogen-bond acceptors (Lipinski definition) is 5. The van der Waals surface area contributed by atoms with E-state index in [1.165, 1.54) is 40.8 Å². The van der Waals surface area contributed by atoms with Gasteiger partial charge in [-0.25, -0.2) is 4.98 Å². The van der Waals surface area contributed by atoms with E-state index in [-0.39, 0.29) is 11.8 Å². The highest BCUT2D eigenvalue weighted by Crippen LogP contribution is 2.49. The number of hydrogen-bond donors (Lipinski definition) is 0. The number of aromatic nitrogens is 1. The van der Waals surface area contributed by atoms with E-state index in [0.717, 1.165) is 43.2 Å². The van der Waals surface area contributed by atoms with E-state index in [2.05, 4.69) is 56.0 Å². The Morgan fingerprint density at radius 3 is 1.97 bits per heavy atom. The Labute approximate surface area is 233 Å². The summed E-state index contributed by atoms with van der Waals surface area (Å²) in [4.78, 5) is 20.9. The molecule has 0 radical (unpaired) electrons. The normalized spacial score (nSPS) is 21.1. The molecule has 2 aromatic carbocycles. The van der Waals surface area contributed by atoms with Crippen LogP contribution >= 0.6 is 0 Å². The first-order valence-electron chi connectivity index (χ1n) is 14.4. The minimum atomic E-state index is 0.193. The van der Waals surface area contributed by atoms with Crippen LogP contribution in [0.2, 0.25) is 0 Å². The fraction of sp³-hybridized carbons (Fsp3) is 0.471. The molecule has 1 aromatic heterocycles. The Balaban J connectivity index is 1.53. The minimum absolute atomic E-state index is 0.193. The summed E-state index contributed by atoms with van der Waals surface area (Å²) in [5, 5.41) is 0. The van der Waals surface area contributed by atoms with Gasteiger partial charge in [-0.15, -0.1) is 0 Å². The lowest BCUT2D eigenvalue weighted by atomic mass is 9.70. The van der Waals surface area contributed by atoms with Crippen LogP contribution in [0.15, 0.2) is 54.6 Å². The highest BCUT2D eigenvalue weighted by Gasteiger charge is 2.39. The van der Waals surface area contributed by atoms with Gasteiger partial charge in [0, 0.05) is 31.3 Å². The van der Waals surface area contributed by atoms with Crippen LogP contribution in [-0.4, -0.2) is 25.0 Å². The number of anilines is 1. The molecule has 3 aromatic rings. The van der Waals surface area contributed by atoms with Crippen molar-refractivity contribution in [2.24, 2.45) is 11.8 Å². The van der Waals surface area contributed by atoms with Gasteiger partial charge in [-0.1, -0.05) is 38.1 Å². The van der Waals surface area contributed by atoms with Crippen LogP contribution in [0.25, 0.3) is 0 Å². The molecule has 3 unspecified atom stereocenters. The van der Waals surface area contributed by atoms with Crippen molar-refractivity contribution in [3.8, 4) is 11.5 Å². The van der Waals surface area contributed by atoms with Gasteiger partial charge in [0.2, 0.25) is 0 Å². The van der Waals surface area contributed by atoms with Gasteiger partial charge in [0.1, 0.15) is 23.1 Å². The fourth-order valence-corrected chi connectivity index (χ4v) is 6.25. The number of rotatable bonds is 10. The molecule has 0 bridgehead atoms. The number of carbonyl (C=O) groups is 1. The summed E-state index contributed by atoms with van der Waals surface area (Å²) in [7, 11) is 3.39. The van der Waals surface area contributed by atoms with Crippen molar-refractivity contribution in [1.82, 2.24) is 4.98 Å². The molecule has 3 atom stereocenters. The summed E-state index contributed by atoms with van der Waals surface area (Å²) in [6, 6.07) is 18.8. The second kappa shape index (κ2) is 11.8. The highest BCUT2D eigenvalue weighted by atomic mass is 16.5. The van der Waals surface area contributed by atoms with E-state index >= 15 is 0 Å². The maximum Gasteiger partial charge on any atom is 0.136 e. The van der Waals surface area contributed by atoms with Gasteiger partial charge in [0.25, 0.3) is 0 Å². The summed E-state index contributed by atoms with van der Waals surface area (Å²) < 4.78 is 10.8. The highest BCUT2D eigenvalue weighted by molar-refractivity contribution is 5.82. The van der Waals surface area contributed by atoms with Crippen LogP contribution in [0.1, 0.15) is 85.7 Å². The quantitative estimate of drug-likeness (QED) is 0.272. The first-order chi connectivity index (χ1) is 18.9. The second-order valence-corrected chi connectivity index (χ2v) is 11.5. The largest absolute Gasteiger partial charge is 0.497 e. The molecule has 2 fully saturated rings. The maximum absolute atomic E-state index is 13.1. The summed E-state index contributed by atoms with van der Waals surface area (Å²) in [5.74, 6) is 4.54. The van der Waals surface area contributed by atoms with Gasteiger partial charge in [0.15, 0.2) is 0 Å². The number of benzene rings is 2. The molecule has 5 nitrogen and oxygen atoms in total. The molecule has 2 aliphatic carbocycles. The van der Waals surface area contributed by atoms with Gasteiger partial charge in [-0.3, -0.25) is 4.79 Å². The Bertz CT molecular complexity index is 1230. The van der Waals surface area contributed by atoms with Gasteiger partial charge in [-0.2, -0.15) is 0 Å². The predicted molar refractivity (Wildman–Crippen MR) is 157 cm³/mol. The van der Waals surface area contributed by atoms with Gasteiger partial charge >= 0.3 is 0 Å². The maximum atomic E-state index is 13.1. The van der Waals surface area contributed by atoms with Gasteiger partial charge in [0.05, 0.1) is 19.9 Å². The number of methoxy groups -OCH3 is 2. The number of Topliss-reactive ketones (excluding diaryl/α,β-unsaturated/α-hetero) is 1. The van der Waals surface area contributed by atoms with Crippen molar-refractivity contribution >= 4 is 11.6 Å². The van der Waals surface area contributed by atoms with E-state index in [4.69, 9.17) is 14.5 Å². The third-order valence-electron chi connectivity index (χ3n) is 8.72. The Morgan fingerprint density at radius 1 is 0.923 bits per heavy atom. The van der Waals surface area contributed by atoms with Crippen molar-refractivity contribution in [2.75, 3.05) is 19.1 Å². The van der Waals surface area contributed by atoms with Crippen molar-refractivity contribution in [3.05, 3.63) is 82.5 Å². The molecule has 39 heavy (non-hydrogen) atoms. The molecule has 2 aliphatic rings. The van der Waals surface area contributed by atoms with Crippen molar-refractivity contribution in [1.29, 1.82) is 0 Å². The number of ether oxygens (including phenoxy) is 2. The Morgan fingerprint density at radius 2 is 1.49 bits per heavy atom. The van der Waals surface area contributed by atoms with Crippen LogP contribution in [0.5, 0.6) is 11.5 Å². The van der Waals surface area contributed by atoms with Crippen LogP contribution in [-0.2, 0) is 17.9 Å². The lowest BCUT2D eigenvalue weighted by molar-refractivity contribution is -0.126. The second-order valence-electron chi connectivity index (χ2n) is 11.5. The van der Waals surface area contributed by atoms with E-state index in [0.29, 0.717) is 24.0 Å². The molecule has 0 saturated heterocycles. The first kappa shape index (κ1) is 27.2. The zero-order chi connectivity index (χ0) is 27.5. The average Bonchev–Trinajstić information content (AvgIpc) is 3.79. The summed E-state index contributed by atoms with van der Waals surface area (Å²) >= 11 is 0. The average molecular weight is 527 g/mol. The molecule has 0 spiro atoms. The third kappa shape index (κ3) is 6.13. The molecule has 5 rings (SSSR count). The standard InChI is InChI=1S/C34H42N2O3/c1-6-26-17-22(2)30(19-31(26)37)34-33(27-11-12-27)23(3)18-32(35-34)36(20-24-7-13-28(38-4)14-8-24)21-25-9-15-29(39-5)16-10-25/h7-10,13-16,18,22,26-27,30H,6,11-12,17,19-21H2,1-5H3. The van der Waals surface area contributed by atoms with Gasteiger partial charge in [-0.05, 0) is 97.0 Å². The minimum Gasteiger partial charge on any atom is -0.497 e. The lowest BCUT2D eigenvalue weighted by Gasteiger charge is -2.35. The molecule has 0 aliphatic heterocycles.